The van der Waals surface area contributed by atoms with Gasteiger partial charge in [0.1, 0.15) is 5.69 Å². The molecule has 0 radical (unpaired) electrons. The highest BCUT2D eigenvalue weighted by Gasteiger charge is 2.27. The minimum absolute atomic E-state index is 0.0103. The van der Waals surface area contributed by atoms with Crippen LogP contribution in [0.1, 0.15) is 10.5 Å². The zero-order valence-corrected chi connectivity index (χ0v) is 14.8. The fourth-order valence-electron chi connectivity index (χ4n) is 2.80. The van der Waals surface area contributed by atoms with Crippen molar-refractivity contribution in [2.45, 2.75) is 0 Å². The van der Waals surface area contributed by atoms with E-state index in [1.165, 1.54) is 0 Å². The van der Waals surface area contributed by atoms with Gasteiger partial charge in [-0.25, -0.2) is 4.79 Å². The summed E-state index contributed by atoms with van der Waals surface area (Å²) in [5.41, 5.74) is 1.50. The van der Waals surface area contributed by atoms with Gasteiger partial charge in [0.15, 0.2) is 0 Å². The van der Waals surface area contributed by atoms with E-state index >= 15 is 0 Å². The lowest BCUT2D eigenvalue weighted by Crippen LogP contribution is -2.53. The molecule has 7 heteroatoms. The first-order valence-corrected chi connectivity index (χ1v) is 8.30. The third-order valence-corrected chi connectivity index (χ3v) is 4.90. The average Bonchev–Trinajstić information content (AvgIpc) is 2.91. The van der Waals surface area contributed by atoms with Crippen LogP contribution in [0.4, 0.5) is 4.79 Å². The Balaban J connectivity index is 1.74. The number of hydrogen-bond acceptors (Lipinski definition) is 2. The molecule has 0 saturated carbocycles. The summed E-state index contributed by atoms with van der Waals surface area (Å²) in [6.07, 6.45) is 0. The summed E-state index contributed by atoms with van der Waals surface area (Å²) in [6.45, 7) is 2.20. The number of aromatic amines is 1. The van der Waals surface area contributed by atoms with Gasteiger partial charge in [-0.1, -0.05) is 18.2 Å². The molecule has 1 aliphatic rings. The van der Waals surface area contributed by atoms with E-state index in [1.54, 1.807) is 28.8 Å². The van der Waals surface area contributed by atoms with Crippen LogP contribution < -0.4 is 0 Å². The molecule has 1 aromatic carbocycles. The molecule has 122 valence electrons. The lowest BCUT2D eigenvalue weighted by atomic mass is 10.2. The van der Waals surface area contributed by atoms with Crippen LogP contribution in [0.3, 0.4) is 0 Å². The quantitative estimate of drug-likeness (QED) is 0.827. The van der Waals surface area contributed by atoms with Crippen molar-refractivity contribution in [2.75, 3.05) is 40.3 Å². The maximum Gasteiger partial charge on any atom is 0.319 e. The van der Waals surface area contributed by atoms with E-state index in [0.717, 1.165) is 15.4 Å². The number of para-hydroxylation sites is 1. The van der Waals surface area contributed by atoms with Gasteiger partial charge in [-0.15, -0.1) is 0 Å². The Morgan fingerprint density at radius 2 is 1.70 bits per heavy atom. The van der Waals surface area contributed by atoms with Crippen molar-refractivity contribution < 1.29 is 9.59 Å². The Morgan fingerprint density at radius 3 is 2.30 bits per heavy atom. The van der Waals surface area contributed by atoms with Gasteiger partial charge in [-0.3, -0.25) is 4.79 Å². The number of piperazine rings is 1. The summed E-state index contributed by atoms with van der Waals surface area (Å²) in [6, 6.07) is 7.79. The fraction of sp³-hybridized carbons (Fsp3) is 0.375. The predicted octanol–water partition coefficient (Wildman–Crippen LogP) is 2.37. The van der Waals surface area contributed by atoms with Crippen molar-refractivity contribution in [1.29, 1.82) is 0 Å². The molecule has 0 unspecified atom stereocenters. The molecule has 3 amide bonds. The van der Waals surface area contributed by atoms with Crippen LogP contribution in [-0.4, -0.2) is 71.9 Å². The van der Waals surface area contributed by atoms with Gasteiger partial charge in [-0.2, -0.15) is 0 Å². The zero-order valence-electron chi connectivity index (χ0n) is 13.2. The zero-order chi connectivity index (χ0) is 16.6. The third kappa shape index (κ3) is 2.93. The van der Waals surface area contributed by atoms with Crippen LogP contribution in [0, 0.1) is 0 Å². The van der Waals surface area contributed by atoms with E-state index in [0.29, 0.717) is 31.9 Å². The molecule has 3 rings (SSSR count). The van der Waals surface area contributed by atoms with Crippen LogP contribution in [0.5, 0.6) is 0 Å². The Hall–Kier alpha value is -2.02. The van der Waals surface area contributed by atoms with Gasteiger partial charge < -0.3 is 19.7 Å². The van der Waals surface area contributed by atoms with Crippen LogP contribution in [0.25, 0.3) is 10.9 Å². The number of nitrogens with zero attached hydrogens (tertiary/aromatic N) is 3. The Labute approximate surface area is 143 Å². The first kappa shape index (κ1) is 15.9. The number of carbonyl (C=O) groups is 2. The maximum atomic E-state index is 12.8. The van der Waals surface area contributed by atoms with Gasteiger partial charge >= 0.3 is 6.03 Å². The standard InChI is InChI=1S/C16H19BrN4O2/c1-19(2)16(23)21-9-7-20(8-10-21)15(22)14-13(17)11-5-3-4-6-12(11)18-14/h3-6,18H,7-10H2,1-2H3. The smallest absolute Gasteiger partial charge is 0.319 e. The van der Waals surface area contributed by atoms with E-state index < -0.39 is 0 Å². The molecule has 6 nitrogen and oxygen atoms in total. The van der Waals surface area contributed by atoms with Gasteiger partial charge in [0.25, 0.3) is 5.91 Å². The van der Waals surface area contributed by atoms with Crippen molar-refractivity contribution in [3.8, 4) is 0 Å². The van der Waals surface area contributed by atoms with Gasteiger partial charge in [0.2, 0.25) is 0 Å². The number of H-pyrrole nitrogens is 1. The van der Waals surface area contributed by atoms with Gasteiger partial charge in [0.05, 0.1) is 4.47 Å². The largest absolute Gasteiger partial charge is 0.350 e. The fourth-order valence-corrected chi connectivity index (χ4v) is 3.41. The van der Waals surface area contributed by atoms with Crippen LogP contribution in [0.2, 0.25) is 0 Å². The molecule has 0 spiro atoms. The first-order valence-electron chi connectivity index (χ1n) is 7.50. The number of aromatic nitrogens is 1. The van der Waals surface area contributed by atoms with E-state index in [4.69, 9.17) is 0 Å². The number of rotatable bonds is 1. The van der Waals surface area contributed by atoms with Crippen molar-refractivity contribution in [3.63, 3.8) is 0 Å². The Morgan fingerprint density at radius 1 is 1.09 bits per heavy atom. The molecular weight excluding hydrogens is 360 g/mol. The number of amides is 3. The molecule has 0 aliphatic carbocycles. The second-order valence-corrected chi connectivity index (χ2v) is 6.61. The highest BCUT2D eigenvalue weighted by Crippen LogP contribution is 2.28. The Bertz CT molecular complexity index is 748. The molecule has 1 aliphatic heterocycles. The first-order chi connectivity index (χ1) is 11.0. The molecular formula is C16H19BrN4O2. The number of urea groups is 1. The molecule has 0 bridgehead atoms. The normalized spacial score (nSPS) is 15.1. The van der Waals surface area contributed by atoms with E-state index in [9.17, 15) is 9.59 Å². The van der Waals surface area contributed by atoms with Gasteiger partial charge in [-0.05, 0) is 22.0 Å². The summed E-state index contributed by atoms with van der Waals surface area (Å²) >= 11 is 3.52. The van der Waals surface area contributed by atoms with Crippen LogP contribution in [0.15, 0.2) is 28.7 Å². The third-order valence-electron chi connectivity index (χ3n) is 4.08. The number of nitrogens with one attached hydrogen (secondary N) is 1. The molecule has 1 aromatic heterocycles. The summed E-state index contributed by atoms with van der Waals surface area (Å²) in [5, 5.41) is 0.997. The minimum Gasteiger partial charge on any atom is -0.350 e. The van der Waals surface area contributed by atoms with E-state index in [1.807, 2.05) is 24.3 Å². The van der Waals surface area contributed by atoms with Crippen molar-refractivity contribution in [1.82, 2.24) is 19.7 Å². The number of benzene rings is 1. The topological polar surface area (TPSA) is 59.7 Å². The second kappa shape index (κ2) is 6.23. The summed E-state index contributed by atoms with van der Waals surface area (Å²) < 4.78 is 0.796. The summed E-state index contributed by atoms with van der Waals surface area (Å²) in [7, 11) is 3.48. The number of halogens is 1. The van der Waals surface area contributed by atoms with Crippen LogP contribution in [-0.2, 0) is 0 Å². The lowest BCUT2D eigenvalue weighted by Gasteiger charge is -2.35. The number of fused-ring (bicyclic) bond motifs is 1. The summed E-state index contributed by atoms with van der Waals surface area (Å²) in [5.74, 6) is -0.0370. The predicted molar refractivity (Wildman–Crippen MR) is 92.6 cm³/mol. The number of hydrogen-bond donors (Lipinski definition) is 1. The lowest BCUT2D eigenvalue weighted by molar-refractivity contribution is 0.0644. The molecule has 1 fully saturated rings. The Kier molecular flexibility index (Phi) is 4.30. The molecule has 1 N–H and O–H groups in total. The molecule has 2 heterocycles. The molecule has 2 aromatic rings. The monoisotopic (exact) mass is 378 g/mol. The average molecular weight is 379 g/mol. The van der Waals surface area contributed by atoms with Crippen molar-refractivity contribution in [2.24, 2.45) is 0 Å². The van der Waals surface area contributed by atoms with Gasteiger partial charge in [0, 0.05) is 51.2 Å². The summed E-state index contributed by atoms with van der Waals surface area (Å²) in [4.78, 5) is 33.0. The van der Waals surface area contributed by atoms with Crippen molar-refractivity contribution >= 4 is 38.8 Å². The molecule has 23 heavy (non-hydrogen) atoms. The number of carbonyl (C=O) groups excluding carboxylic acids is 2. The van der Waals surface area contributed by atoms with E-state index in [-0.39, 0.29) is 11.9 Å². The second-order valence-electron chi connectivity index (χ2n) is 5.82. The molecule has 0 atom stereocenters. The molecule has 1 saturated heterocycles. The SMILES string of the molecule is CN(C)C(=O)N1CCN(C(=O)c2[nH]c3ccccc3c2Br)CC1. The highest BCUT2D eigenvalue weighted by molar-refractivity contribution is 9.10. The maximum absolute atomic E-state index is 12.8. The van der Waals surface area contributed by atoms with Crippen molar-refractivity contribution in [3.05, 3.63) is 34.4 Å². The van der Waals surface area contributed by atoms with E-state index in [2.05, 4.69) is 20.9 Å². The highest BCUT2D eigenvalue weighted by atomic mass is 79.9. The van der Waals surface area contributed by atoms with Crippen LogP contribution >= 0.6 is 15.9 Å². The minimum atomic E-state index is -0.0370.